The lowest BCUT2D eigenvalue weighted by Crippen LogP contribution is -2.39. The van der Waals surface area contributed by atoms with E-state index in [9.17, 15) is 26.4 Å². The Balaban J connectivity index is 2.21. The van der Waals surface area contributed by atoms with Gasteiger partial charge >= 0.3 is 12.4 Å². The van der Waals surface area contributed by atoms with E-state index >= 15 is 0 Å². The molecule has 1 heterocycles. The van der Waals surface area contributed by atoms with Gasteiger partial charge in [0, 0.05) is 31.0 Å². The fourth-order valence-corrected chi connectivity index (χ4v) is 4.55. The van der Waals surface area contributed by atoms with Gasteiger partial charge in [0.2, 0.25) is 0 Å². The second-order valence-corrected chi connectivity index (χ2v) is 9.02. The van der Waals surface area contributed by atoms with Crippen LogP contribution in [0.25, 0.3) is 0 Å². The van der Waals surface area contributed by atoms with E-state index in [2.05, 4.69) is 33.8 Å². The molecule has 0 spiro atoms. The number of urea groups is 1. The highest BCUT2D eigenvalue weighted by Crippen LogP contribution is 2.28. The van der Waals surface area contributed by atoms with Crippen LogP contribution in [0.15, 0.2) is 66.7 Å². The van der Waals surface area contributed by atoms with E-state index < -0.39 is 28.0 Å². The highest BCUT2D eigenvalue weighted by molar-refractivity contribution is 7.92. The van der Waals surface area contributed by atoms with Crippen molar-refractivity contribution in [2.45, 2.75) is 19.5 Å². The van der Waals surface area contributed by atoms with Crippen LogP contribution in [0.1, 0.15) is 11.1 Å². The number of allylic oxidation sites excluding steroid dienone is 2. The fourth-order valence-electron chi connectivity index (χ4n) is 2.96. The van der Waals surface area contributed by atoms with Gasteiger partial charge in [-0.25, -0.2) is 13.2 Å². The van der Waals surface area contributed by atoms with Crippen molar-refractivity contribution in [2.75, 3.05) is 18.6 Å². The number of methoxy groups -OCH3 is 1. The van der Waals surface area contributed by atoms with E-state index in [1.165, 1.54) is 37.6 Å². The maximum atomic E-state index is 12.7. The molecule has 1 aliphatic rings. The average molecular weight is 488 g/mol. The molecule has 1 aliphatic heterocycles. The SMILES string of the molecule is C=C/C=C/N/C(NC(=O)NCc1cc(COC)ccc1OC(F)(F)F)=C1/CS(=O)(=O)CC1=C. The lowest BCUT2D eigenvalue weighted by molar-refractivity contribution is -0.274. The van der Waals surface area contributed by atoms with Crippen LogP contribution in [0.4, 0.5) is 18.0 Å². The molecule has 3 N–H and O–H groups in total. The lowest BCUT2D eigenvalue weighted by Gasteiger charge is -2.17. The van der Waals surface area contributed by atoms with Gasteiger partial charge in [0.25, 0.3) is 0 Å². The van der Waals surface area contributed by atoms with Gasteiger partial charge in [-0.1, -0.05) is 25.3 Å². The summed E-state index contributed by atoms with van der Waals surface area (Å²) in [7, 11) is -1.96. The standard InChI is InChI=1S/C21H24F3N3O5S/c1-4-5-8-25-19(17-13-33(29,30)12-14(17)2)27-20(28)26-10-16-9-15(11-31-3)6-7-18(16)32-21(22,23)24/h4-9,25H,1-2,10-13H2,3H3,(H2,26,27,28)/b8-5+,19-17+. The zero-order chi connectivity index (χ0) is 24.6. The minimum Gasteiger partial charge on any atom is -0.405 e. The molecule has 0 unspecified atom stereocenters. The van der Waals surface area contributed by atoms with Gasteiger partial charge in [-0.05, 0) is 29.3 Å². The van der Waals surface area contributed by atoms with Crippen molar-refractivity contribution in [3.63, 3.8) is 0 Å². The van der Waals surface area contributed by atoms with Gasteiger partial charge in [0.1, 0.15) is 11.6 Å². The van der Waals surface area contributed by atoms with E-state index in [-0.39, 0.29) is 36.0 Å². The van der Waals surface area contributed by atoms with Crippen LogP contribution in [-0.4, -0.2) is 39.4 Å². The number of carbonyl (C=O) groups is 1. The van der Waals surface area contributed by atoms with Crippen molar-refractivity contribution in [3.8, 4) is 5.75 Å². The highest BCUT2D eigenvalue weighted by atomic mass is 32.2. The second-order valence-electron chi connectivity index (χ2n) is 6.96. The van der Waals surface area contributed by atoms with E-state index in [1.54, 1.807) is 0 Å². The molecular weight excluding hydrogens is 463 g/mol. The topological polar surface area (TPSA) is 106 Å². The largest absolute Gasteiger partial charge is 0.573 e. The molecule has 1 aromatic carbocycles. The van der Waals surface area contributed by atoms with Gasteiger partial charge in [0.05, 0.1) is 18.1 Å². The maximum absolute atomic E-state index is 12.7. The Labute approximate surface area is 189 Å². The Morgan fingerprint density at radius 2 is 2.00 bits per heavy atom. The summed E-state index contributed by atoms with van der Waals surface area (Å²) in [5, 5.41) is 7.69. The summed E-state index contributed by atoms with van der Waals surface area (Å²) < 4.78 is 71.0. The van der Waals surface area contributed by atoms with Crippen molar-refractivity contribution in [2.24, 2.45) is 0 Å². The Morgan fingerprint density at radius 1 is 1.27 bits per heavy atom. The molecule has 180 valence electrons. The molecule has 0 saturated carbocycles. The number of amides is 2. The zero-order valence-electron chi connectivity index (χ0n) is 17.8. The monoisotopic (exact) mass is 487 g/mol. The summed E-state index contributed by atoms with van der Waals surface area (Å²) in [5.41, 5.74) is 1.26. The predicted molar refractivity (Wildman–Crippen MR) is 117 cm³/mol. The summed E-state index contributed by atoms with van der Waals surface area (Å²) in [6, 6.07) is 3.18. The summed E-state index contributed by atoms with van der Waals surface area (Å²) in [5.74, 6) is -0.953. The molecule has 8 nitrogen and oxygen atoms in total. The molecule has 1 aromatic rings. The first-order chi connectivity index (χ1) is 15.4. The number of nitrogens with one attached hydrogen (secondary N) is 3. The molecule has 1 fully saturated rings. The molecular formula is C21H24F3N3O5S. The predicted octanol–water partition coefficient (Wildman–Crippen LogP) is 3.02. The molecule has 1 saturated heterocycles. The van der Waals surface area contributed by atoms with Crippen molar-refractivity contribution in [3.05, 3.63) is 77.8 Å². The first-order valence-corrected chi connectivity index (χ1v) is 11.3. The van der Waals surface area contributed by atoms with Crippen LogP contribution >= 0.6 is 0 Å². The van der Waals surface area contributed by atoms with Crippen LogP contribution in [0, 0.1) is 0 Å². The Hall–Kier alpha value is -3.25. The van der Waals surface area contributed by atoms with Crippen molar-refractivity contribution >= 4 is 15.9 Å². The Bertz CT molecular complexity index is 1080. The number of benzene rings is 1. The summed E-state index contributed by atoms with van der Waals surface area (Å²) in [6.45, 7) is 7.08. The number of halogens is 3. The Kier molecular flexibility index (Phi) is 8.71. The van der Waals surface area contributed by atoms with Crippen LogP contribution < -0.4 is 20.7 Å². The van der Waals surface area contributed by atoms with E-state index in [1.807, 2.05) is 0 Å². The van der Waals surface area contributed by atoms with Crippen molar-refractivity contribution < 1.29 is 35.9 Å². The van der Waals surface area contributed by atoms with E-state index in [0.717, 1.165) is 6.07 Å². The molecule has 33 heavy (non-hydrogen) atoms. The number of hydrogen-bond acceptors (Lipinski definition) is 6. The number of sulfone groups is 1. The van der Waals surface area contributed by atoms with Gasteiger partial charge in [0.15, 0.2) is 9.84 Å². The smallest absolute Gasteiger partial charge is 0.405 e. The number of rotatable bonds is 9. The normalized spacial score (nSPS) is 17.0. The lowest BCUT2D eigenvalue weighted by atomic mass is 10.1. The van der Waals surface area contributed by atoms with Crippen LogP contribution in [0.2, 0.25) is 0 Å². The molecule has 0 aliphatic carbocycles. The third-order valence-electron chi connectivity index (χ3n) is 4.29. The average Bonchev–Trinajstić information content (AvgIpc) is 2.98. The number of alkyl halides is 3. The number of ether oxygens (including phenoxy) is 2. The van der Waals surface area contributed by atoms with Crippen molar-refractivity contribution in [1.82, 2.24) is 16.0 Å². The second kappa shape index (κ2) is 11.1. The zero-order valence-corrected chi connectivity index (χ0v) is 18.6. The Morgan fingerprint density at radius 3 is 2.58 bits per heavy atom. The van der Waals surface area contributed by atoms with E-state index in [4.69, 9.17) is 4.74 Å². The quantitative estimate of drug-likeness (QED) is 0.463. The first-order valence-electron chi connectivity index (χ1n) is 9.51. The minimum absolute atomic E-state index is 0.0681. The molecule has 2 amide bonds. The molecule has 12 heteroatoms. The van der Waals surface area contributed by atoms with Gasteiger partial charge in [-0.2, -0.15) is 0 Å². The van der Waals surface area contributed by atoms with Gasteiger partial charge < -0.3 is 20.1 Å². The van der Waals surface area contributed by atoms with Crippen LogP contribution in [-0.2, 0) is 27.7 Å². The molecule has 2 rings (SSSR count). The van der Waals surface area contributed by atoms with Crippen LogP contribution in [0.5, 0.6) is 5.75 Å². The van der Waals surface area contributed by atoms with Gasteiger partial charge in [-0.15, -0.1) is 13.2 Å². The van der Waals surface area contributed by atoms with E-state index in [0.29, 0.717) is 16.7 Å². The summed E-state index contributed by atoms with van der Waals surface area (Å²) in [4.78, 5) is 12.5. The first kappa shape index (κ1) is 26.0. The van der Waals surface area contributed by atoms with Crippen LogP contribution in [0.3, 0.4) is 0 Å². The minimum atomic E-state index is -4.91. The maximum Gasteiger partial charge on any atom is 0.573 e. The summed E-state index contributed by atoms with van der Waals surface area (Å²) >= 11 is 0. The molecule has 0 radical (unpaired) electrons. The molecule has 0 bridgehead atoms. The van der Waals surface area contributed by atoms with Crippen molar-refractivity contribution in [1.29, 1.82) is 0 Å². The molecule has 0 aromatic heterocycles. The third kappa shape index (κ3) is 8.31. The molecule has 0 atom stereocenters. The number of hydrogen-bond donors (Lipinski definition) is 3. The van der Waals surface area contributed by atoms with Gasteiger partial charge in [-0.3, -0.25) is 5.32 Å². The highest BCUT2D eigenvalue weighted by Gasteiger charge is 2.32. The fraction of sp³-hybridized carbons (Fsp3) is 0.286. The summed E-state index contributed by atoms with van der Waals surface area (Å²) in [6.07, 6.45) is -0.496. The third-order valence-corrected chi connectivity index (χ3v) is 5.80. The number of carbonyl (C=O) groups excluding carboxylic acids is 1.